The van der Waals surface area contributed by atoms with E-state index in [1.165, 1.54) is 6.42 Å². The van der Waals surface area contributed by atoms with Gasteiger partial charge in [-0.3, -0.25) is 4.79 Å². The van der Waals surface area contributed by atoms with E-state index in [1.807, 2.05) is 44.2 Å². The van der Waals surface area contributed by atoms with Crippen LogP contribution in [0.4, 0.5) is 0 Å². The van der Waals surface area contributed by atoms with E-state index in [9.17, 15) is 4.79 Å². The third kappa shape index (κ3) is 4.62. The van der Waals surface area contributed by atoms with Crippen LogP contribution in [0.15, 0.2) is 42.5 Å². The smallest absolute Gasteiger partial charge is 0.272 e. The third-order valence-corrected chi connectivity index (χ3v) is 9.44. The Morgan fingerprint density at radius 1 is 1.08 bits per heavy atom. The van der Waals surface area contributed by atoms with Gasteiger partial charge in [-0.2, -0.15) is 5.10 Å². The van der Waals surface area contributed by atoms with E-state index in [4.69, 9.17) is 39.9 Å². The summed E-state index contributed by atoms with van der Waals surface area (Å²) >= 11 is 18.9. The number of fused-ring (bicyclic) bond motifs is 2. The van der Waals surface area contributed by atoms with Crippen LogP contribution in [0.25, 0.3) is 17.3 Å². The molecule has 37 heavy (non-hydrogen) atoms. The summed E-state index contributed by atoms with van der Waals surface area (Å²) in [5.74, 6) is 0.489. The minimum absolute atomic E-state index is 0.0475. The fraction of sp³-hybridized carbons (Fsp3) is 0.400. The number of nitrogens with zero attached hydrogens (tertiary/aromatic N) is 2. The van der Waals surface area contributed by atoms with Crippen molar-refractivity contribution in [2.75, 3.05) is 0 Å². The minimum Gasteiger partial charge on any atom is -0.347 e. The topological polar surface area (TPSA) is 46.9 Å². The predicted molar refractivity (Wildman–Crippen MR) is 154 cm³/mol. The molecule has 2 aliphatic carbocycles. The number of carbonyl (C=O) groups is 1. The summed E-state index contributed by atoms with van der Waals surface area (Å²) in [5.41, 5.74) is 4.81. The number of amides is 1. The largest absolute Gasteiger partial charge is 0.347 e. The second-order valence-electron chi connectivity index (χ2n) is 11.5. The molecule has 3 atom stereocenters. The Balaban J connectivity index is 1.58. The first kappa shape index (κ1) is 26.3. The van der Waals surface area contributed by atoms with Crippen molar-refractivity contribution in [3.05, 3.63) is 80.0 Å². The lowest BCUT2D eigenvalue weighted by Crippen LogP contribution is -2.52. The Morgan fingerprint density at radius 2 is 1.76 bits per heavy atom. The van der Waals surface area contributed by atoms with Gasteiger partial charge in [-0.1, -0.05) is 67.7 Å². The second kappa shape index (κ2) is 9.48. The zero-order valence-electron chi connectivity index (χ0n) is 21.8. The van der Waals surface area contributed by atoms with Gasteiger partial charge in [0.2, 0.25) is 0 Å². The first-order chi connectivity index (χ1) is 17.4. The van der Waals surface area contributed by atoms with Gasteiger partial charge in [-0.15, -0.1) is 0 Å². The lowest BCUT2D eigenvalue weighted by Gasteiger charge is -2.43. The zero-order valence-corrected chi connectivity index (χ0v) is 24.1. The molecule has 2 saturated carbocycles. The lowest BCUT2D eigenvalue weighted by atomic mass is 9.68. The molecule has 0 aliphatic heterocycles. The fourth-order valence-electron chi connectivity index (χ4n) is 6.74. The van der Waals surface area contributed by atoms with E-state index in [2.05, 4.69) is 32.2 Å². The molecule has 0 unspecified atom stereocenters. The SMILES string of the molecule is C/C(=C\c1ccc(Cl)cc1)c1c(C)c(C(=O)N[C@H]2C(C)(C)[C@@H]3CC[C@@]2(C)C3)nn1-c1ccc(Cl)cc1Cl. The summed E-state index contributed by atoms with van der Waals surface area (Å²) in [5, 5.41) is 9.92. The van der Waals surface area contributed by atoms with Gasteiger partial charge in [0.05, 0.1) is 16.4 Å². The first-order valence-corrected chi connectivity index (χ1v) is 13.8. The van der Waals surface area contributed by atoms with Crippen molar-refractivity contribution < 1.29 is 4.79 Å². The van der Waals surface area contributed by atoms with Gasteiger partial charge in [-0.25, -0.2) is 4.68 Å². The van der Waals surface area contributed by atoms with Crippen molar-refractivity contribution >= 4 is 52.4 Å². The van der Waals surface area contributed by atoms with Gasteiger partial charge in [-0.05, 0) is 97.4 Å². The number of carbonyl (C=O) groups excluding carboxylic acids is 1. The van der Waals surface area contributed by atoms with Crippen molar-refractivity contribution in [2.24, 2.45) is 16.7 Å². The molecule has 194 valence electrons. The Bertz CT molecular complexity index is 1400. The summed E-state index contributed by atoms with van der Waals surface area (Å²) in [6.45, 7) is 10.9. The van der Waals surface area contributed by atoms with E-state index < -0.39 is 0 Å². The number of halogens is 3. The monoisotopic (exact) mass is 555 g/mol. The number of nitrogens with one attached hydrogen (secondary N) is 1. The molecule has 1 amide bonds. The highest BCUT2D eigenvalue weighted by Crippen LogP contribution is 2.62. The highest BCUT2D eigenvalue weighted by molar-refractivity contribution is 6.35. The number of hydrogen-bond acceptors (Lipinski definition) is 2. The maximum atomic E-state index is 13.8. The summed E-state index contributed by atoms with van der Waals surface area (Å²) in [4.78, 5) is 13.8. The molecule has 7 heteroatoms. The number of rotatable bonds is 5. The molecule has 1 heterocycles. The summed E-state index contributed by atoms with van der Waals surface area (Å²) in [6, 6.07) is 13.0. The van der Waals surface area contributed by atoms with Crippen LogP contribution in [0.5, 0.6) is 0 Å². The van der Waals surface area contributed by atoms with Crippen molar-refractivity contribution in [1.82, 2.24) is 15.1 Å². The van der Waals surface area contributed by atoms with Gasteiger partial charge >= 0.3 is 0 Å². The average Bonchev–Trinajstić information content (AvgIpc) is 3.44. The van der Waals surface area contributed by atoms with Crippen LogP contribution in [0.3, 0.4) is 0 Å². The number of aromatic nitrogens is 2. The molecule has 5 rings (SSSR count). The predicted octanol–water partition coefficient (Wildman–Crippen LogP) is 8.65. The number of benzene rings is 2. The van der Waals surface area contributed by atoms with Crippen LogP contribution >= 0.6 is 34.8 Å². The van der Waals surface area contributed by atoms with Crippen molar-refractivity contribution in [1.29, 1.82) is 0 Å². The molecular weight excluding hydrogens is 525 g/mol. The normalized spacial score (nSPS) is 24.5. The van der Waals surface area contributed by atoms with Crippen LogP contribution < -0.4 is 5.32 Å². The number of hydrogen-bond donors (Lipinski definition) is 1. The van der Waals surface area contributed by atoms with Crippen molar-refractivity contribution in [3.63, 3.8) is 0 Å². The Morgan fingerprint density at radius 3 is 2.38 bits per heavy atom. The second-order valence-corrected chi connectivity index (χ2v) is 12.8. The molecule has 2 aromatic carbocycles. The Labute approximate surface area is 234 Å². The molecule has 1 aromatic heterocycles. The summed E-state index contributed by atoms with van der Waals surface area (Å²) < 4.78 is 1.76. The van der Waals surface area contributed by atoms with Crippen LogP contribution in [-0.2, 0) is 0 Å². The van der Waals surface area contributed by atoms with Crippen LogP contribution in [-0.4, -0.2) is 21.7 Å². The quantitative estimate of drug-likeness (QED) is 0.342. The minimum atomic E-state index is -0.145. The molecular formula is C30H32Cl3N3O. The number of allylic oxidation sites excluding steroid dienone is 1. The van der Waals surface area contributed by atoms with Gasteiger partial charge in [0.25, 0.3) is 5.91 Å². The van der Waals surface area contributed by atoms with Gasteiger partial charge in [0.15, 0.2) is 5.69 Å². The summed E-state index contributed by atoms with van der Waals surface area (Å²) in [6.07, 6.45) is 5.60. The highest BCUT2D eigenvalue weighted by Gasteiger charge is 2.59. The van der Waals surface area contributed by atoms with Gasteiger partial charge in [0, 0.05) is 21.7 Å². The van der Waals surface area contributed by atoms with E-state index in [1.54, 1.807) is 16.8 Å². The molecule has 0 radical (unpaired) electrons. The van der Waals surface area contributed by atoms with Crippen LogP contribution in [0.1, 0.15) is 74.3 Å². The molecule has 2 aliphatic rings. The fourth-order valence-corrected chi connectivity index (χ4v) is 7.36. The molecule has 2 fully saturated rings. The zero-order chi connectivity index (χ0) is 26.7. The van der Waals surface area contributed by atoms with E-state index >= 15 is 0 Å². The molecule has 4 nitrogen and oxygen atoms in total. The third-order valence-electron chi connectivity index (χ3n) is 8.65. The summed E-state index contributed by atoms with van der Waals surface area (Å²) in [7, 11) is 0. The molecule has 0 saturated heterocycles. The molecule has 3 aromatic rings. The Kier molecular flexibility index (Phi) is 6.75. The molecule has 2 bridgehead atoms. The van der Waals surface area contributed by atoms with Gasteiger partial charge in [0.1, 0.15) is 0 Å². The van der Waals surface area contributed by atoms with E-state index in [-0.39, 0.29) is 22.8 Å². The van der Waals surface area contributed by atoms with Crippen LogP contribution in [0, 0.1) is 23.7 Å². The van der Waals surface area contributed by atoms with E-state index in [0.717, 1.165) is 35.2 Å². The average molecular weight is 557 g/mol. The highest BCUT2D eigenvalue weighted by atomic mass is 35.5. The van der Waals surface area contributed by atoms with Crippen LogP contribution in [0.2, 0.25) is 15.1 Å². The van der Waals surface area contributed by atoms with Crippen molar-refractivity contribution in [2.45, 2.75) is 59.9 Å². The molecule has 0 spiro atoms. The standard InChI is InChI=1S/C30H32Cl3N3O/c1-17(14-19-6-8-21(31)9-7-19)26-18(2)25(35-36(26)24-11-10-22(32)15-23(24)33)27(37)34-28-29(3,4)20-12-13-30(28,5)16-20/h6-11,14-15,20,28H,12-13,16H2,1-5H3,(H,34,37)/b17-14+/t20-,28+,30+/m1/s1. The Hall–Kier alpha value is -2.27. The van der Waals surface area contributed by atoms with Crippen molar-refractivity contribution in [3.8, 4) is 5.69 Å². The lowest BCUT2D eigenvalue weighted by molar-refractivity contribution is 0.0732. The maximum Gasteiger partial charge on any atom is 0.272 e. The van der Waals surface area contributed by atoms with E-state index in [0.29, 0.717) is 32.4 Å². The first-order valence-electron chi connectivity index (χ1n) is 12.7. The molecule has 1 N–H and O–H groups in total. The van der Waals surface area contributed by atoms with Gasteiger partial charge < -0.3 is 5.32 Å². The maximum absolute atomic E-state index is 13.8.